The molecule has 154 valence electrons. The summed E-state index contributed by atoms with van der Waals surface area (Å²) in [5, 5.41) is 0. The summed E-state index contributed by atoms with van der Waals surface area (Å²) in [5.41, 5.74) is -1.04. The van der Waals surface area contributed by atoms with Gasteiger partial charge in [-0.15, -0.1) is 0 Å². The van der Waals surface area contributed by atoms with E-state index in [-0.39, 0.29) is 32.9 Å². The van der Waals surface area contributed by atoms with Crippen LogP contribution < -0.4 is 15.8 Å². The number of H-pyrrole nitrogens is 2. The molecular formula is C17H18N4O6S2. The summed E-state index contributed by atoms with van der Waals surface area (Å²) >= 11 is 0. The predicted octanol–water partition coefficient (Wildman–Crippen LogP) is -0.0548. The second kappa shape index (κ2) is 7.55. The van der Waals surface area contributed by atoms with Crippen molar-refractivity contribution < 1.29 is 16.8 Å². The van der Waals surface area contributed by atoms with Gasteiger partial charge in [0.2, 0.25) is 20.0 Å². The first-order valence-electron chi connectivity index (χ1n) is 8.29. The molecule has 0 amide bonds. The van der Waals surface area contributed by atoms with Crippen LogP contribution in [-0.4, -0.2) is 45.2 Å². The number of aromatic amines is 2. The molecule has 0 bridgehead atoms. The maximum absolute atomic E-state index is 12.7. The van der Waals surface area contributed by atoms with Crippen LogP contribution in [0.2, 0.25) is 0 Å². The van der Waals surface area contributed by atoms with Gasteiger partial charge in [0.25, 0.3) is 0 Å². The Hall–Kier alpha value is -2.80. The quantitative estimate of drug-likeness (QED) is 0.459. The maximum Gasteiger partial charge on any atom is 0.314 e. The lowest BCUT2D eigenvalue weighted by Crippen LogP contribution is -2.29. The molecule has 1 aromatic heterocycles. The molecule has 29 heavy (non-hydrogen) atoms. The highest BCUT2D eigenvalue weighted by atomic mass is 32.2. The van der Waals surface area contributed by atoms with E-state index in [1.807, 2.05) is 0 Å². The van der Waals surface area contributed by atoms with Gasteiger partial charge in [0.1, 0.15) is 0 Å². The van der Waals surface area contributed by atoms with E-state index < -0.39 is 31.2 Å². The van der Waals surface area contributed by atoms with Gasteiger partial charge >= 0.3 is 11.1 Å². The molecule has 0 radical (unpaired) electrons. The van der Waals surface area contributed by atoms with Crippen LogP contribution in [0.15, 0.2) is 61.8 Å². The Morgan fingerprint density at radius 2 is 1.52 bits per heavy atom. The average Bonchev–Trinajstić information content (AvgIpc) is 2.67. The Kier molecular flexibility index (Phi) is 5.45. The van der Waals surface area contributed by atoms with Crippen molar-refractivity contribution in [3.8, 4) is 0 Å². The van der Waals surface area contributed by atoms with E-state index >= 15 is 0 Å². The lowest BCUT2D eigenvalue weighted by atomic mass is 10.2. The number of hydrogen-bond donors (Lipinski definition) is 3. The van der Waals surface area contributed by atoms with E-state index in [1.165, 1.54) is 44.4 Å². The third kappa shape index (κ3) is 4.15. The van der Waals surface area contributed by atoms with Crippen LogP contribution in [0, 0.1) is 0 Å². The van der Waals surface area contributed by atoms with Gasteiger partial charge in [0.05, 0.1) is 20.8 Å². The molecular weight excluding hydrogens is 420 g/mol. The third-order valence-electron chi connectivity index (χ3n) is 4.19. The summed E-state index contributed by atoms with van der Waals surface area (Å²) in [6.07, 6.45) is 0. The fourth-order valence-corrected chi connectivity index (χ4v) is 4.76. The van der Waals surface area contributed by atoms with Crippen molar-refractivity contribution in [1.29, 1.82) is 0 Å². The second-order valence-electron chi connectivity index (χ2n) is 6.34. The zero-order valence-corrected chi connectivity index (χ0v) is 17.1. The van der Waals surface area contributed by atoms with Gasteiger partial charge in [0, 0.05) is 20.6 Å². The van der Waals surface area contributed by atoms with Gasteiger partial charge in [-0.2, -0.15) is 0 Å². The molecule has 0 spiro atoms. The van der Waals surface area contributed by atoms with Crippen LogP contribution in [0.25, 0.3) is 11.0 Å². The van der Waals surface area contributed by atoms with E-state index in [9.17, 15) is 26.4 Å². The highest BCUT2D eigenvalue weighted by Crippen LogP contribution is 2.20. The lowest BCUT2D eigenvalue weighted by molar-refractivity contribution is 0.519. The van der Waals surface area contributed by atoms with Crippen molar-refractivity contribution in [1.82, 2.24) is 19.0 Å². The van der Waals surface area contributed by atoms with Crippen molar-refractivity contribution in [2.45, 2.75) is 16.3 Å². The molecule has 0 saturated heterocycles. The molecule has 0 saturated carbocycles. The van der Waals surface area contributed by atoms with Crippen LogP contribution in [0.3, 0.4) is 0 Å². The normalized spacial score (nSPS) is 12.5. The first-order valence-corrected chi connectivity index (χ1v) is 11.2. The summed E-state index contributed by atoms with van der Waals surface area (Å²) in [5.74, 6) is 0. The Labute approximate surface area is 166 Å². The van der Waals surface area contributed by atoms with Gasteiger partial charge in [-0.1, -0.05) is 18.2 Å². The largest absolute Gasteiger partial charge is 0.316 e. The minimum absolute atomic E-state index is 0.00637. The van der Waals surface area contributed by atoms with Gasteiger partial charge in [-0.25, -0.2) is 25.9 Å². The number of nitrogens with zero attached hydrogens (tertiary/aromatic N) is 1. The summed E-state index contributed by atoms with van der Waals surface area (Å²) in [6.45, 7) is -0.258. The first kappa shape index (κ1) is 20.9. The van der Waals surface area contributed by atoms with Gasteiger partial charge in [-0.05, 0) is 29.8 Å². The zero-order chi connectivity index (χ0) is 21.4. The van der Waals surface area contributed by atoms with Crippen molar-refractivity contribution in [2.24, 2.45) is 0 Å². The highest BCUT2D eigenvalue weighted by molar-refractivity contribution is 7.89. The van der Waals surface area contributed by atoms with Gasteiger partial charge < -0.3 is 9.97 Å². The third-order valence-corrected chi connectivity index (χ3v) is 7.50. The summed E-state index contributed by atoms with van der Waals surface area (Å²) in [6, 6.07) is 9.90. The van der Waals surface area contributed by atoms with Crippen molar-refractivity contribution >= 4 is 31.1 Å². The number of rotatable bonds is 6. The Morgan fingerprint density at radius 3 is 2.17 bits per heavy atom. The molecule has 0 fully saturated rings. The minimum atomic E-state index is -4.03. The fraction of sp³-hybridized carbons (Fsp3) is 0.176. The number of fused-ring (bicyclic) bond motifs is 1. The molecule has 0 aliphatic heterocycles. The van der Waals surface area contributed by atoms with Crippen LogP contribution in [-0.2, 0) is 26.6 Å². The molecule has 3 aromatic rings. The number of hydrogen-bond acceptors (Lipinski definition) is 6. The second-order valence-corrected chi connectivity index (χ2v) is 10.2. The summed E-state index contributed by atoms with van der Waals surface area (Å²) < 4.78 is 53.6. The van der Waals surface area contributed by atoms with E-state index in [4.69, 9.17) is 0 Å². The number of nitrogens with one attached hydrogen (secondary N) is 3. The molecule has 0 unspecified atom stereocenters. The Morgan fingerprint density at radius 1 is 0.897 bits per heavy atom. The molecule has 3 N–H and O–H groups in total. The fourth-order valence-electron chi connectivity index (χ4n) is 2.62. The minimum Gasteiger partial charge on any atom is -0.316 e. The highest BCUT2D eigenvalue weighted by Gasteiger charge is 2.22. The number of sulfonamides is 2. The monoisotopic (exact) mass is 438 g/mol. The van der Waals surface area contributed by atoms with Crippen LogP contribution in [0.5, 0.6) is 0 Å². The smallest absolute Gasteiger partial charge is 0.314 e. The molecule has 2 aromatic carbocycles. The molecule has 10 nitrogen and oxygen atoms in total. The molecule has 0 aliphatic carbocycles. The number of benzene rings is 2. The van der Waals surface area contributed by atoms with E-state index in [0.717, 1.165) is 4.31 Å². The number of aromatic nitrogens is 2. The topological polar surface area (TPSA) is 149 Å². The summed E-state index contributed by atoms with van der Waals surface area (Å²) in [4.78, 5) is 27.3. The van der Waals surface area contributed by atoms with Crippen molar-refractivity contribution in [3.63, 3.8) is 0 Å². The van der Waals surface area contributed by atoms with Crippen molar-refractivity contribution in [2.75, 3.05) is 14.1 Å². The van der Waals surface area contributed by atoms with Crippen LogP contribution >= 0.6 is 0 Å². The van der Waals surface area contributed by atoms with Gasteiger partial charge in [0.15, 0.2) is 0 Å². The molecule has 12 heteroatoms. The maximum atomic E-state index is 12.7. The predicted molar refractivity (Wildman–Crippen MR) is 107 cm³/mol. The van der Waals surface area contributed by atoms with Crippen LogP contribution in [0.1, 0.15) is 5.56 Å². The van der Waals surface area contributed by atoms with E-state index in [0.29, 0.717) is 0 Å². The van der Waals surface area contributed by atoms with Crippen molar-refractivity contribution in [3.05, 3.63) is 68.7 Å². The zero-order valence-electron chi connectivity index (χ0n) is 15.5. The average molecular weight is 438 g/mol. The lowest BCUT2D eigenvalue weighted by Gasteiger charge is -2.15. The van der Waals surface area contributed by atoms with E-state index in [1.54, 1.807) is 12.1 Å². The summed E-state index contributed by atoms with van der Waals surface area (Å²) in [7, 11) is -5.01. The SMILES string of the molecule is CN(C)S(=O)(=O)c1ccccc1CNS(=O)(=O)c1ccc2[nH]c(=O)c(=O)[nH]c2c1. The molecule has 3 rings (SSSR count). The molecule has 1 heterocycles. The Bertz CT molecular complexity index is 1410. The molecule has 0 atom stereocenters. The van der Waals surface area contributed by atoms with E-state index in [2.05, 4.69) is 14.7 Å². The standard InChI is InChI=1S/C17H18N4O6S2/c1-21(2)29(26,27)15-6-4-3-5-11(15)10-18-28(24,25)12-7-8-13-14(9-12)20-17(23)16(22)19-13/h3-9,18H,10H2,1-2H3,(H,19,22)(H,20,23). The van der Waals surface area contributed by atoms with Gasteiger partial charge in [-0.3, -0.25) is 9.59 Å². The van der Waals surface area contributed by atoms with Crippen LogP contribution in [0.4, 0.5) is 0 Å². The molecule has 0 aliphatic rings. The first-order chi connectivity index (χ1) is 13.5. The Balaban J connectivity index is 1.94.